The SMILES string of the molecule is OB1OCc2ccc(C(O)c3cccc(Cl)c3)cc21. The first kappa shape index (κ1) is 12.7. The Bertz CT molecular complexity index is 617. The number of benzene rings is 2. The van der Waals surface area contributed by atoms with E-state index in [1.807, 2.05) is 18.2 Å². The van der Waals surface area contributed by atoms with E-state index in [0.717, 1.165) is 16.6 Å². The quantitative estimate of drug-likeness (QED) is 0.819. The second-order valence-corrected chi connectivity index (χ2v) is 5.02. The van der Waals surface area contributed by atoms with Crippen LogP contribution < -0.4 is 5.46 Å². The van der Waals surface area contributed by atoms with Crippen LogP contribution in [0, 0.1) is 0 Å². The molecule has 0 radical (unpaired) electrons. The summed E-state index contributed by atoms with van der Waals surface area (Å²) in [5.41, 5.74) is 3.11. The second kappa shape index (κ2) is 4.98. The first-order valence-corrected chi connectivity index (χ1v) is 6.39. The van der Waals surface area contributed by atoms with Gasteiger partial charge in [0.1, 0.15) is 6.10 Å². The Morgan fingerprint density at radius 1 is 1.16 bits per heavy atom. The van der Waals surface area contributed by atoms with Gasteiger partial charge in [0.05, 0.1) is 6.61 Å². The maximum atomic E-state index is 10.4. The van der Waals surface area contributed by atoms with Gasteiger partial charge in [-0.05, 0) is 34.3 Å². The fraction of sp³-hybridized carbons (Fsp3) is 0.143. The standard InChI is InChI=1S/C14H12BClO3/c16-12-3-1-2-9(6-12)14(17)10-4-5-11-8-19-15(18)13(11)7-10/h1-7,14,17-18H,8H2. The minimum Gasteiger partial charge on any atom is -0.423 e. The number of fused-ring (bicyclic) bond motifs is 1. The molecule has 2 aromatic carbocycles. The summed E-state index contributed by atoms with van der Waals surface area (Å²) in [7, 11) is -0.901. The second-order valence-electron chi connectivity index (χ2n) is 4.58. The van der Waals surface area contributed by atoms with Crippen LogP contribution in [0.5, 0.6) is 0 Å². The first-order chi connectivity index (χ1) is 9.15. The minimum absolute atomic E-state index is 0.407. The van der Waals surface area contributed by atoms with Gasteiger partial charge in [-0.2, -0.15) is 0 Å². The van der Waals surface area contributed by atoms with Crippen molar-refractivity contribution in [3.05, 3.63) is 64.2 Å². The van der Waals surface area contributed by atoms with Crippen molar-refractivity contribution in [2.75, 3.05) is 0 Å². The molecule has 96 valence electrons. The summed E-state index contributed by atoms with van der Waals surface area (Å²) in [5, 5.41) is 20.6. The smallest absolute Gasteiger partial charge is 0.423 e. The molecule has 0 fully saturated rings. The van der Waals surface area contributed by atoms with E-state index < -0.39 is 13.2 Å². The summed E-state index contributed by atoms with van der Waals surface area (Å²) >= 11 is 5.92. The van der Waals surface area contributed by atoms with Crippen molar-refractivity contribution in [2.45, 2.75) is 12.7 Å². The largest absolute Gasteiger partial charge is 0.491 e. The molecular formula is C14H12BClO3. The Kier molecular flexibility index (Phi) is 3.33. The normalized spacial score (nSPS) is 15.4. The monoisotopic (exact) mass is 274 g/mol. The molecule has 19 heavy (non-hydrogen) atoms. The van der Waals surface area contributed by atoms with Crippen molar-refractivity contribution >= 4 is 24.2 Å². The summed E-state index contributed by atoms with van der Waals surface area (Å²) in [5.74, 6) is 0. The van der Waals surface area contributed by atoms with Crippen LogP contribution in [0.25, 0.3) is 0 Å². The fourth-order valence-corrected chi connectivity index (χ4v) is 2.47. The van der Waals surface area contributed by atoms with Crippen molar-refractivity contribution in [3.8, 4) is 0 Å². The molecule has 1 aliphatic heterocycles. The zero-order chi connectivity index (χ0) is 13.4. The highest BCUT2D eigenvalue weighted by molar-refractivity contribution is 6.61. The van der Waals surface area contributed by atoms with Gasteiger partial charge in [0.15, 0.2) is 0 Å². The fourth-order valence-electron chi connectivity index (χ4n) is 2.27. The Morgan fingerprint density at radius 2 is 1.95 bits per heavy atom. The highest BCUT2D eigenvalue weighted by atomic mass is 35.5. The molecule has 5 heteroatoms. The Labute approximate surface area is 116 Å². The Balaban J connectivity index is 1.96. The van der Waals surface area contributed by atoms with Gasteiger partial charge >= 0.3 is 7.12 Å². The van der Waals surface area contributed by atoms with Crippen LogP contribution in [-0.2, 0) is 11.3 Å². The van der Waals surface area contributed by atoms with Gasteiger partial charge in [0, 0.05) is 5.02 Å². The number of hydrogen-bond acceptors (Lipinski definition) is 3. The maximum Gasteiger partial charge on any atom is 0.491 e. The van der Waals surface area contributed by atoms with E-state index in [0.29, 0.717) is 17.2 Å². The first-order valence-electron chi connectivity index (χ1n) is 6.01. The Hall–Kier alpha value is -1.33. The molecule has 0 saturated heterocycles. The number of aliphatic hydroxyl groups excluding tert-OH is 1. The lowest BCUT2D eigenvalue weighted by molar-refractivity contribution is 0.220. The summed E-state index contributed by atoms with van der Waals surface area (Å²) in [4.78, 5) is 0. The van der Waals surface area contributed by atoms with Crippen molar-refractivity contribution in [2.24, 2.45) is 0 Å². The van der Waals surface area contributed by atoms with Gasteiger partial charge in [0.2, 0.25) is 0 Å². The van der Waals surface area contributed by atoms with Gasteiger partial charge in [-0.3, -0.25) is 0 Å². The molecule has 0 spiro atoms. The summed E-state index contributed by atoms with van der Waals surface area (Å²) in [6.07, 6.45) is -0.767. The van der Waals surface area contributed by atoms with Gasteiger partial charge in [-0.15, -0.1) is 0 Å². The highest BCUT2D eigenvalue weighted by Crippen LogP contribution is 2.25. The summed E-state index contributed by atoms with van der Waals surface area (Å²) in [6.45, 7) is 0.407. The van der Waals surface area contributed by atoms with E-state index in [2.05, 4.69) is 0 Å². The van der Waals surface area contributed by atoms with Crippen LogP contribution >= 0.6 is 11.6 Å². The van der Waals surface area contributed by atoms with E-state index in [4.69, 9.17) is 16.3 Å². The van der Waals surface area contributed by atoms with Crippen molar-refractivity contribution in [1.29, 1.82) is 0 Å². The number of halogens is 1. The summed E-state index contributed by atoms with van der Waals surface area (Å²) < 4.78 is 5.14. The molecule has 0 bridgehead atoms. The zero-order valence-electron chi connectivity index (χ0n) is 10.1. The van der Waals surface area contributed by atoms with E-state index in [1.54, 1.807) is 24.3 Å². The van der Waals surface area contributed by atoms with Crippen molar-refractivity contribution < 1.29 is 14.8 Å². The predicted octanol–water partition coefficient (Wildman–Crippen LogP) is 1.64. The highest BCUT2D eigenvalue weighted by Gasteiger charge is 2.28. The lowest BCUT2D eigenvalue weighted by Crippen LogP contribution is -2.28. The third-order valence-electron chi connectivity index (χ3n) is 3.31. The van der Waals surface area contributed by atoms with Crippen LogP contribution in [0.3, 0.4) is 0 Å². The summed E-state index contributed by atoms with van der Waals surface area (Å²) in [6, 6.07) is 12.6. The molecule has 1 unspecified atom stereocenters. The average molecular weight is 275 g/mol. The molecule has 1 heterocycles. The molecule has 2 N–H and O–H groups in total. The van der Waals surface area contributed by atoms with Crippen molar-refractivity contribution in [1.82, 2.24) is 0 Å². The van der Waals surface area contributed by atoms with Gasteiger partial charge in [-0.25, -0.2) is 0 Å². The van der Waals surface area contributed by atoms with Gasteiger partial charge < -0.3 is 14.8 Å². The Morgan fingerprint density at radius 3 is 2.74 bits per heavy atom. The van der Waals surface area contributed by atoms with Crippen LogP contribution in [0.4, 0.5) is 0 Å². The van der Waals surface area contributed by atoms with Gasteiger partial charge in [-0.1, -0.05) is 41.9 Å². The van der Waals surface area contributed by atoms with Crippen LogP contribution in [0.2, 0.25) is 5.02 Å². The molecule has 1 atom stereocenters. The van der Waals surface area contributed by atoms with E-state index in [1.165, 1.54) is 0 Å². The molecule has 0 aliphatic carbocycles. The van der Waals surface area contributed by atoms with Gasteiger partial charge in [0.25, 0.3) is 0 Å². The van der Waals surface area contributed by atoms with E-state index >= 15 is 0 Å². The molecule has 0 aromatic heterocycles. The van der Waals surface area contributed by atoms with E-state index in [-0.39, 0.29) is 0 Å². The molecule has 1 aliphatic rings. The van der Waals surface area contributed by atoms with Crippen LogP contribution in [0.15, 0.2) is 42.5 Å². The van der Waals surface area contributed by atoms with E-state index in [9.17, 15) is 10.1 Å². The molecular weight excluding hydrogens is 262 g/mol. The average Bonchev–Trinajstić information content (AvgIpc) is 2.79. The number of hydrogen-bond donors (Lipinski definition) is 2. The molecule has 2 aromatic rings. The molecule has 3 nitrogen and oxygen atoms in total. The number of aliphatic hydroxyl groups is 1. The van der Waals surface area contributed by atoms with Crippen molar-refractivity contribution in [3.63, 3.8) is 0 Å². The van der Waals surface area contributed by atoms with Crippen LogP contribution in [0.1, 0.15) is 22.8 Å². The minimum atomic E-state index is -0.901. The topological polar surface area (TPSA) is 49.7 Å². The predicted molar refractivity (Wildman–Crippen MR) is 74.4 cm³/mol. The zero-order valence-corrected chi connectivity index (χ0v) is 10.8. The third-order valence-corrected chi connectivity index (χ3v) is 3.55. The lowest BCUT2D eigenvalue weighted by atomic mass is 9.78. The number of rotatable bonds is 2. The van der Waals surface area contributed by atoms with Crippen LogP contribution in [-0.4, -0.2) is 17.2 Å². The molecule has 0 amide bonds. The molecule has 3 rings (SSSR count). The lowest BCUT2D eigenvalue weighted by Gasteiger charge is -2.13. The maximum absolute atomic E-state index is 10.4. The molecule has 0 saturated carbocycles. The third kappa shape index (κ3) is 2.40.